The molecular formula is C13H17N3O4. The van der Waals surface area contributed by atoms with Crippen molar-refractivity contribution in [1.29, 1.82) is 0 Å². The molecule has 2 rings (SSSR count). The fraction of sp³-hybridized carbons (Fsp3) is 0.385. The van der Waals surface area contributed by atoms with Crippen LogP contribution in [0.3, 0.4) is 0 Å². The molecule has 108 valence electrons. The highest BCUT2D eigenvalue weighted by Gasteiger charge is 2.28. The zero-order chi connectivity index (χ0) is 14.7. The van der Waals surface area contributed by atoms with Gasteiger partial charge in [-0.1, -0.05) is 0 Å². The summed E-state index contributed by atoms with van der Waals surface area (Å²) in [5, 5.41) is 22.0. The number of rotatable bonds is 4. The van der Waals surface area contributed by atoms with Crippen LogP contribution in [-0.2, 0) is 4.79 Å². The highest BCUT2D eigenvalue weighted by Crippen LogP contribution is 2.22. The number of carbonyl (C=O) groups excluding carboxylic acids is 2. The summed E-state index contributed by atoms with van der Waals surface area (Å²) in [6.07, 6.45) is 0.726. The van der Waals surface area contributed by atoms with Crippen molar-refractivity contribution in [3.05, 3.63) is 23.8 Å². The minimum absolute atomic E-state index is 0.121. The maximum atomic E-state index is 12.4. The van der Waals surface area contributed by atoms with Crippen molar-refractivity contribution >= 4 is 11.8 Å². The van der Waals surface area contributed by atoms with Crippen molar-refractivity contribution in [3.8, 4) is 11.5 Å². The van der Waals surface area contributed by atoms with E-state index in [2.05, 4.69) is 5.32 Å². The first-order valence-corrected chi connectivity index (χ1v) is 6.30. The summed E-state index contributed by atoms with van der Waals surface area (Å²) >= 11 is 0. The molecule has 0 aromatic heterocycles. The molecule has 0 spiro atoms. The highest BCUT2D eigenvalue weighted by atomic mass is 16.3. The first kappa shape index (κ1) is 14.1. The van der Waals surface area contributed by atoms with Gasteiger partial charge in [0.2, 0.25) is 5.91 Å². The smallest absolute Gasteiger partial charge is 0.254 e. The van der Waals surface area contributed by atoms with E-state index < -0.39 is 11.8 Å². The average molecular weight is 279 g/mol. The molecule has 7 nitrogen and oxygen atoms in total. The third-order valence-electron chi connectivity index (χ3n) is 3.21. The van der Waals surface area contributed by atoms with Crippen LogP contribution in [0.15, 0.2) is 18.2 Å². The number of nitrogens with zero attached hydrogens (tertiary/aromatic N) is 1. The van der Waals surface area contributed by atoms with Gasteiger partial charge in [-0.3, -0.25) is 9.59 Å². The third-order valence-corrected chi connectivity index (χ3v) is 3.21. The van der Waals surface area contributed by atoms with Crippen molar-refractivity contribution in [2.24, 2.45) is 5.73 Å². The molecule has 0 radical (unpaired) electrons. The fourth-order valence-corrected chi connectivity index (χ4v) is 2.32. The number of hydrogen-bond acceptors (Lipinski definition) is 5. The Hall–Kier alpha value is -2.28. The minimum Gasteiger partial charge on any atom is -0.508 e. The molecule has 1 fully saturated rings. The number of nitrogens with one attached hydrogen (secondary N) is 1. The number of hydrogen-bond donors (Lipinski definition) is 4. The van der Waals surface area contributed by atoms with Crippen LogP contribution in [-0.4, -0.2) is 52.6 Å². The van der Waals surface area contributed by atoms with Crippen LogP contribution >= 0.6 is 0 Å². The number of benzene rings is 1. The van der Waals surface area contributed by atoms with Gasteiger partial charge in [0.25, 0.3) is 5.91 Å². The largest absolute Gasteiger partial charge is 0.508 e. The molecule has 0 aliphatic carbocycles. The van der Waals surface area contributed by atoms with E-state index in [0.29, 0.717) is 6.54 Å². The van der Waals surface area contributed by atoms with Gasteiger partial charge < -0.3 is 26.2 Å². The lowest BCUT2D eigenvalue weighted by atomic mass is 10.1. The lowest BCUT2D eigenvalue weighted by molar-refractivity contribution is -0.119. The van der Waals surface area contributed by atoms with Gasteiger partial charge in [-0.05, 0) is 25.1 Å². The Balaban J connectivity index is 2.26. The monoisotopic (exact) mass is 279 g/mol. The Bertz CT molecular complexity index is 506. The normalized spacial score (nSPS) is 17.9. The molecule has 5 N–H and O–H groups in total. The third kappa shape index (κ3) is 3.18. The summed E-state index contributed by atoms with van der Waals surface area (Å²) in [5.41, 5.74) is 5.31. The number of nitrogens with two attached hydrogens (primary N) is 1. The van der Waals surface area contributed by atoms with Gasteiger partial charge in [0.1, 0.15) is 11.5 Å². The predicted octanol–water partition coefficient (Wildman–Crippen LogP) is -0.613. The number of aromatic hydroxyl groups is 2. The molecule has 1 saturated heterocycles. The van der Waals surface area contributed by atoms with Crippen LogP contribution < -0.4 is 11.1 Å². The standard InChI is InChI=1S/C13H17N3O4/c14-12(19)7-16(9-1-2-15-6-9)13(20)8-3-10(17)5-11(18)4-8/h3-5,9,15,17-18H,1-2,6-7H2,(H2,14,19). The topological polar surface area (TPSA) is 116 Å². The van der Waals surface area contributed by atoms with Gasteiger partial charge in [-0.2, -0.15) is 0 Å². The first-order valence-electron chi connectivity index (χ1n) is 6.30. The lowest BCUT2D eigenvalue weighted by Gasteiger charge is -2.27. The van der Waals surface area contributed by atoms with Crippen LogP contribution in [0.2, 0.25) is 0 Å². The van der Waals surface area contributed by atoms with Crippen molar-refractivity contribution in [2.75, 3.05) is 19.6 Å². The van der Waals surface area contributed by atoms with E-state index in [-0.39, 0.29) is 29.6 Å². The second-order valence-corrected chi connectivity index (χ2v) is 4.78. The summed E-state index contributed by atoms with van der Waals surface area (Å²) in [6, 6.07) is 3.50. The SMILES string of the molecule is NC(=O)CN(C(=O)c1cc(O)cc(O)c1)C1CCNC1. The Kier molecular flexibility index (Phi) is 4.09. The summed E-state index contributed by atoms with van der Waals surface area (Å²) < 4.78 is 0. The number of phenols is 2. The highest BCUT2D eigenvalue weighted by molar-refractivity contribution is 5.97. The number of primary amides is 1. The van der Waals surface area contributed by atoms with E-state index in [1.54, 1.807) is 0 Å². The quantitative estimate of drug-likeness (QED) is 0.586. The van der Waals surface area contributed by atoms with Crippen LogP contribution in [0.25, 0.3) is 0 Å². The maximum Gasteiger partial charge on any atom is 0.254 e. The lowest BCUT2D eigenvalue weighted by Crippen LogP contribution is -2.46. The average Bonchev–Trinajstić information content (AvgIpc) is 2.87. The molecule has 7 heteroatoms. The van der Waals surface area contributed by atoms with Crippen molar-refractivity contribution in [2.45, 2.75) is 12.5 Å². The first-order chi connectivity index (χ1) is 9.47. The van der Waals surface area contributed by atoms with Gasteiger partial charge in [0.15, 0.2) is 0 Å². The Morgan fingerprint density at radius 3 is 2.45 bits per heavy atom. The maximum absolute atomic E-state index is 12.4. The zero-order valence-electron chi connectivity index (χ0n) is 10.9. The van der Waals surface area contributed by atoms with E-state index >= 15 is 0 Å². The molecule has 1 aliphatic heterocycles. The van der Waals surface area contributed by atoms with Crippen LogP contribution in [0.4, 0.5) is 0 Å². The number of carbonyl (C=O) groups is 2. The molecule has 1 aromatic carbocycles. The van der Waals surface area contributed by atoms with E-state index in [4.69, 9.17) is 5.73 Å². The molecular weight excluding hydrogens is 262 g/mol. The van der Waals surface area contributed by atoms with E-state index in [1.165, 1.54) is 17.0 Å². The molecule has 20 heavy (non-hydrogen) atoms. The zero-order valence-corrected chi connectivity index (χ0v) is 10.9. The Morgan fingerprint density at radius 1 is 1.30 bits per heavy atom. The molecule has 0 saturated carbocycles. The number of amides is 2. The van der Waals surface area contributed by atoms with Crippen LogP contribution in [0.1, 0.15) is 16.8 Å². The molecule has 1 heterocycles. The summed E-state index contributed by atoms with van der Waals surface area (Å²) in [4.78, 5) is 25.0. The molecule has 1 aliphatic rings. The Morgan fingerprint density at radius 2 is 1.95 bits per heavy atom. The van der Waals surface area contributed by atoms with E-state index in [0.717, 1.165) is 19.0 Å². The van der Waals surface area contributed by atoms with E-state index in [9.17, 15) is 19.8 Å². The predicted molar refractivity (Wildman–Crippen MR) is 71.3 cm³/mol. The van der Waals surface area contributed by atoms with Crippen molar-refractivity contribution in [1.82, 2.24) is 10.2 Å². The molecule has 1 aromatic rings. The van der Waals surface area contributed by atoms with Gasteiger partial charge in [0.05, 0.1) is 6.54 Å². The number of phenolic OH excluding ortho intramolecular Hbond substituents is 2. The van der Waals surface area contributed by atoms with Crippen molar-refractivity contribution in [3.63, 3.8) is 0 Å². The molecule has 0 bridgehead atoms. The van der Waals surface area contributed by atoms with Gasteiger partial charge in [-0.25, -0.2) is 0 Å². The summed E-state index contributed by atoms with van der Waals surface area (Å²) in [5.74, 6) is -1.47. The van der Waals surface area contributed by atoms with Crippen LogP contribution in [0, 0.1) is 0 Å². The summed E-state index contributed by atoms with van der Waals surface area (Å²) in [6.45, 7) is 1.16. The van der Waals surface area contributed by atoms with Crippen molar-refractivity contribution < 1.29 is 19.8 Å². The van der Waals surface area contributed by atoms with E-state index in [1.807, 2.05) is 0 Å². The van der Waals surface area contributed by atoms with Gasteiger partial charge in [-0.15, -0.1) is 0 Å². The fourth-order valence-electron chi connectivity index (χ4n) is 2.32. The molecule has 2 amide bonds. The summed E-state index contributed by atoms with van der Waals surface area (Å²) in [7, 11) is 0. The van der Waals surface area contributed by atoms with Gasteiger partial charge >= 0.3 is 0 Å². The minimum atomic E-state index is -0.602. The molecule has 1 unspecified atom stereocenters. The second-order valence-electron chi connectivity index (χ2n) is 4.78. The Labute approximate surface area is 116 Å². The second kappa shape index (κ2) is 5.79. The van der Waals surface area contributed by atoms with Gasteiger partial charge in [0, 0.05) is 24.2 Å². The van der Waals surface area contributed by atoms with Crippen LogP contribution in [0.5, 0.6) is 11.5 Å². The molecule has 1 atom stereocenters.